The zero-order valence-electron chi connectivity index (χ0n) is 11.6. The number of nitrogens with one attached hydrogen (secondary N) is 1. The number of benzene rings is 1. The van der Waals surface area contributed by atoms with Gasteiger partial charge in [0.1, 0.15) is 5.82 Å². The quantitative estimate of drug-likeness (QED) is 0.814. The summed E-state index contributed by atoms with van der Waals surface area (Å²) < 4.78 is 36.3. The highest BCUT2D eigenvalue weighted by molar-refractivity contribution is 8.13. The van der Waals surface area contributed by atoms with Gasteiger partial charge in [-0.2, -0.15) is 0 Å². The molecule has 0 aromatic heterocycles. The SMILES string of the molecule is CCC(CC1CC1)NC(=O)c1cc(S(=O)(=O)Cl)ccc1F. The first-order valence-corrected chi connectivity index (χ1v) is 9.17. The Bertz CT molecular complexity index is 644. The van der Waals surface area contributed by atoms with Crippen molar-refractivity contribution in [1.82, 2.24) is 5.32 Å². The van der Waals surface area contributed by atoms with E-state index in [2.05, 4.69) is 5.32 Å². The second-order valence-corrected chi connectivity index (χ2v) is 7.90. The molecule has 1 saturated carbocycles. The summed E-state index contributed by atoms with van der Waals surface area (Å²) in [5.41, 5.74) is -0.300. The molecule has 1 aliphatic carbocycles. The van der Waals surface area contributed by atoms with Gasteiger partial charge in [0.25, 0.3) is 15.0 Å². The largest absolute Gasteiger partial charge is 0.349 e. The maximum atomic E-state index is 13.7. The minimum atomic E-state index is -3.99. The average molecular weight is 334 g/mol. The van der Waals surface area contributed by atoms with Gasteiger partial charge in [-0.1, -0.05) is 19.8 Å². The summed E-state index contributed by atoms with van der Waals surface area (Å²) in [6, 6.07) is 2.92. The normalized spacial score (nSPS) is 16.5. The second-order valence-electron chi connectivity index (χ2n) is 5.34. The summed E-state index contributed by atoms with van der Waals surface area (Å²) in [5, 5.41) is 2.76. The summed E-state index contributed by atoms with van der Waals surface area (Å²) in [5.74, 6) is -0.741. The van der Waals surface area contributed by atoms with Crippen LogP contribution < -0.4 is 5.32 Å². The lowest BCUT2D eigenvalue weighted by Crippen LogP contribution is -2.35. The topological polar surface area (TPSA) is 63.2 Å². The molecule has 0 radical (unpaired) electrons. The van der Waals surface area contributed by atoms with E-state index >= 15 is 0 Å². The molecule has 1 atom stereocenters. The van der Waals surface area contributed by atoms with Gasteiger partial charge in [0.15, 0.2) is 0 Å². The lowest BCUT2D eigenvalue weighted by atomic mass is 10.1. The zero-order valence-corrected chi connectivity index (χ0v) is 13.2. The Morgan fingerprint density at radius 1 is 1.48 bits per heavy atom. The number of carbonyl (C=O) groups is 1. The van der Waals surface area contributed by atoms with Gasteiger partial charge < -0.3 is 5.32 Å². The van der Waals surface area contributed by atoms with Crippen LogP contribution in [0.4, 0.5) is 4.39 Å². The molecule has 2 rings (SSSR count). The van der Waals surface area contributed by atoms with E-state index in [9.17, 15) is 17.6 Å². The molecular weight excluding hydrogens is 317 g/mol. The molecule has 0 heterocycles. The molecule has 0 aliphatic heterocycles. The maximum absolute atomic E-state index is 13.7. The highest BCUT2D eigenvalue weighted by Gasteiger charge is 2.26. The van der Waals surface area contributed by atoms with Crippen molar-refractivity contribution in [2.45, 2.75) is 43.5 Å². The molecule has 1 aromatic carbocycles. The van der Waals surface area contributed by atoms with E-state index in [4.69, 9.17) is 10.7 Å². The molecule has 4 nitrogen and oxygen atoms in total. The van der Waals surface area contributed by atoms with Gasteiger partial charge in [0, 0.05) is 16.7 Å². The standard InChI is InChI=1S/C14H17ClFNO3S/c1-2-10(7-9-3-4-9)17-14(18)12-8-11(21(15,19)20)5-6-13(12)16/h5-6,8-10H,2-4,7H2,1H3,(H,17,18). The Balaban J connectivity index is 2.17. The predicted octanol–water partition coefficient (Wildman–Crippen LogP) is 3.06. The smallest absolute Gasteiger partial charge is 0.261 e. The van der Waals surface area contributed by atoms with Gasteiger partial charge in [0.05, 0.1) is 10.5 Å². The van der Waals surface area contributed by atoms with E-state index in [0.717, 1.165) is 31.0 Å². The fourth-order valence-electron chi connectivity index (χ4n) is 2.18. The van der Waals surface area contributed by atoms with E-state index in [0.29, 0.717) is 5.92 Å². The molecule has 1 aromatic rings. The van der Waals surface area contributed by atoms with Gasteiger partial charge in [-0.05, 0) is 37.0 Å². The van der Waals surface area contributed by atoms with E-state index in [1.165, 1.54) is 12.8 Å². The first kappa shape index (κ1) is 16.2. The minimum absolute atomic E-state index is 0.0272. The molecule has 1 unspecified atom stereocenters. The van der Waals surface area contributed by atoms with Crippen LogP contribution in [0.15, 0.2) is 23.1 Å². The predicted molar refractivity (Wildman–Crippen MR) is 78.3 cm³/mol. The molecule has 0 saturated heterocycles. The van der Waals surface area contributed by atoms with E-state index in [1.54, 1.807) is 0 Å². The van der Waals surface area contributed by atoms with Crippen molar-refractivity contribution in [3.8, 4) is 0 Å². The first-order chi connectivity index (χ1) is 9.81. The van der Waals surface area contributed by atoms with Crippen molar-refractivity contribution < 1.29 is 17.6 Å². The third kappa shape index (κ3) is 4.41. The van der Waals surface area contributed by atoms with Gasteiger partial charge in [-0.25, -0.2) is 12.8 Å². The third-order valence-electron chi connectivity index (χ3n) is 3.61. The summed E-state index contributed by atoms with van der Waals surface area (Å²) in [6.07, 6.45) is 3.95. The highest BCUT2D eigenvalue weighted by Crippen LogP contribution is 2.34. The van der Waals surface area contributed by atoms with Crippen molar-refractivity contribution in [2.75, 3.05) is 0 Å². The van der Waals surface area contributed by atoms with Gasteiger partial charge in [0.2, 0.25) is 0 Å². The van der Waals surface area contributed by atoms with Crippen LogP contribution in [0.1, 0.15) is 43.0 Å². The summed E-state index contributed by atoms with van der Waals surface area (Å²) in [7, 11) is 1.22. The number of hydrogen-bond acceptors (Lipinski definition) is 3. The van der Waals surface area contributed by atoms with Crippen LogP contribution >= 0.6 is 10.7 Å². The Kier molecular flexibility index (Phi) is 4.88. The van der Waals surface area contributed by atoms with Crippen molar-refractivity contribution >= 4 is 25.6 Å². The van der Waals surface area contributed by atoms with Crippen molar-refractivity contribution in [3.05, 3.63) is 29.6 Å². The molecule has 7 heteroatoms. The van der Waals surface area contributed by atoms with Gasteiger partial charge >= 0.3 is 0 Å². The van der Waals surface area contributed by atoms with Crippen LogP contribution in [-0.2, 0) is 9.05 Å². The number of hydrogen-bond donors (Lipinski definition) is 1. The first-order valence-electron chi connectivity index (χ1n) is 6.86. The second kappa shape index (κ2) is 6.32. The highest BCUT2D eigenvalue weighted by atomic mass is 35.7. The average Bonchev–Trinajstić information content (AvgIpc) is 3.20. The molecule has 0 spiro atoms. The third-order valence-corrected chi connectivity index (χ3v) is 4.96. The molecule has 1 N–H and O–H groups in total. The van der Waals surface area contributed by atoms with Crippen molar-refractivity contribution in [2.24, 2.45) is 5.92 Å². The lowest BCUT2D eigenvalue weighted by Gasteiger charge is -2.17. The molecule has 1 amide bonds. The monoisotopic (exact) mass is 333 g/mol. The zero-order chi connectivity index (χ0) is 15.6. The van der Waals surface area contributed by atoms with Crippen LogP contribution in [-0.4, -0.2) is 20.4 Å². The van der Waals surface area contributed by atoms with Crippen molar-refractivity contribution in [3.63, 3.8) is 0 Å². The molecule has 1 fully saturated rings. The van der Waals surface area contributed by atoms with Gasteiger partial charge in [-0.3, -0.25) is 4.79 Å². The fourth-order valence-corrected chi connectivity index (χ4v) is 2.95. The van der Waals surface area contributed by atoms with E-state index in [-0.39, 0.29) is 16.5 Å². The molecule has 1 aliphatic rings. The van der Waals surface area contributed by atoms with E-state index in [1.807, 2.05) is 6.92 Å². The Hall–Kier alpha value is -1.14. The lowest BCUT2D eigenvalue weighted by molar-refractivity contribution is 0.0928. The Labute approximate surface area is 128 Å². The van der Waals surface area contributed by atoms with Crippen LogP contribution in [0.5, 0.6) is 0 Å². The van der Waals surface area contributed by atoms with Gasteiger partial charge in [-0.15, -0.1) is 0 Å². The number of halogens is 2. The summed E-state index contributed by atoms with van der Waals surface area (Å²) >= 11 is 0. The number of amides is 1. The van der Waals surface area contributed by atoms with Crippen LogP contribution in [0, 0.1) is 11.7 Å². The molecule has 0 bridgehead atoms. The van der Waals surface area contributed by atoms with E-state index < -0.39 is 20.8 Å². The van der Waals surface area contributed by atoms with Crippen LogP contribution in [0.2, 0.25) is 0 Å². The number of rotatable bonds is 6. The fraction of sp³-hybridized carbons (Fsp3) is 0.500. The van der Waals surface area contributed by atoms with Crippen molar-refractivity contribution in [1.29, 1.82) is 0 Å². The summed E-state index contributed by atoms with van der Waals surface area (Å²) in [6.45, 7) is 1.95. The Morgan fingerprint density at radius 2 is 2.14 bits per heavy atom. The molecule has 21 heavy (non-hydrogen) atoms. The number of carbonyl (C=O) groups excluding carboxylic acids is 1. The van der Waals surface area contributed by atoms with Crippen LogP contribution in [0.3, 0.4) is 0 Å². The maximum Gasteiger partial charge on any atom is 0.261 e. The summed E-state index contributed by atoms with van der Waals surface area (Å²) in [4.78, 5) is 11.8. The molecular formula is C14H17ClFNO3S. The van der Waals surface area contributed by atoms with Crippen LogP contribution in [0.25, 0.3) is 0 Å². The Morgan fingerprint density at radius 3 is 2.67 bits per heavy atom. The molecule has 116 valence electrons. The minimum Gasteiger partial charge on any atom is -0.349 e.